The maximum absolute atomic E-state index is 8.88. The van der Waals surface area contributed by atoms with Gasteiger partial charge in [0.1, 0.15) is 0 Å². The third kappa shape index (κ3) is 99.8. The molecule has 0 bridgehead atoms. The number of hydrogen-bond donors (Lipinski definition) is 3. The standard InChI is InChI=1S/H3O4P.Sb.V.3H/c1-5(2,3)4;;;;;/h(H3,1,2,3,4);;;;;. The van der Waals surface area contributed by atoms with Crippen molar-refractivity contribution in [1.82, 2.24) is 0 Å². The summed E-state index contributed by atoms with van der Waals surface area (Å²) in [6.07, 6.45) is 0. The molecular formula is H6O4PSbV. The van der Waals surface area contributed by atoms with Gasteiger partial charge < -0.3 is 14.7 Å². The maximum atomic E-state index is 8.88. The second-order valence-electron chi connectivity index (χ2n) is 0.513. The molecule has 0 aromatic carbocycles. The van der Waals surface area contributed by atoms with Gasteiger partial charge >= 0.3 is 32.3 Å². The van der Waals surface area contributed by atoms with E-state index >= 15 is 0 Å². The first-order chi connectivity index (χ1) is 2.00. The summed E-state index contributed by atoms with van der Waals surface area (Å²) in [4.78, 5) is 21.6. The van der Waals surface area contributed by atoms with E-state index in [1.165, 1.54) is 0 Å². The van der Waals surface area contributed by atoms with E-state index in [0.29, 0.717) is 0 Å². The van der Waals surface area contributed by atoms with Crippen LogP contribution in [0.15, 0.2) is 0 Å². The first-order valence-corrected chi connectivity index (χ1v) is 2.35. The summed E-state index contributed by atoms with van der Waals surface area (Å²) in [5, 5.41) is 0. The van der Waals surface area contributed by atoms with Crippen molar-refractivity contribution < 1.29 is 37.8 Å². The first kappa shape index (κ1) is 15.8. The fraction of sp³-hybridized carbons (Fsp3) is 0. The Kier molecular flexibility index (Phi) is 12.8. The van der Waals surface area contributed by atoms with Gasteiger partial charge in [0.25, 0.3) is 0 Å². The number of hydrogen-bond acceptors (Lipinski definition) is 1. The summed E-state index contributed by atoms with van der Waals surface area (Å²) in [5.41, 5.74) is 0. The molecule has 0 saturated carbocycles. The minimum atomic E-state index is -4.64. The van der Waals surface area contributed by atoms with E-state index in [-0.39, 0.29) is 43.0 Å². The Labute approximate surface area is 69.9 Å². The van der Waals surface area contributed by atoms with Gasteiger partial charge in [0.2, 0.25) is 0 Å². The van der Waals surface area contributed by atoms with Crippen LogP contribution in [0.2, 0.25) is 0 Å². The second kappa shape index (κ2) is 5.65. The van der Waals surface area contributed by atoms with Crippen molar-refractivity contribution in [1.29, 1.82) is 0 Å². The van der Waals surface area contributed by atoms with Crippen LogP contribution in [-0.4, -0.2) is 39.1 Å². The second-order valence-corrected chi connectivity index (χ2v) is 1.54. The smallest absolute Gasteiger partial charge is 0 e. The molecular weight excluding hydrogens is 268 g/mol. The molecule has 0 amide bonds. The normalized spacial score (nSPS) is 8.43. The fourth-order valence-electron chi connectivity index (χ4n) is 0. The molecule has 0 fully saturated rings. The van der Waals surface area contributed by atoms with Crippen LogP contribution in [0.25, 0.3) is 0 Å². The molecule has 0 aliphatic rings. The van der Waals surface area contributed by atoms with Gasteiger partial charge in [-0.15, -0.1) is 0 Å². The van der Waals surface area contributed by atoms with Crippen molar-refractivity contribution in [3.05, 3.63) is 0 Å². The van der Waals surface area contributed by atoms with Crippen LogP contribution in [0.5, 0.6) is 0 Å². The Morgan fingerprint density at radius 1 is 1.14 bits per heavy atom. The number of phosphoric acid groups is 1. The molecule has 7 heavy (non-hydrogen) atoms. The van der Waals surface area contributed by atoms with E-state index in [1.54, 1.807) is 0 Å². The maximum Gasteiger partial charge on any atom is 0 e. The predicted octanol–water partition coefficient (Wildman–Crippen LogP) is -2.12. The summed E-state index contributed by atoms with van der Waals surface area (Å²) < 4.78 is 8.88. The zero-order chi connectivity index (χ0) is 4.50. The summed E-state index contributed by atoms with van der Waals surface area (Å²) in [5.74, 6) is 0. The molecule has 0 aromatic heterocycles. The van der Waals surface area contributed by atoms with E-state index in [0.717, 1.165) is 0 Å². The molecule has 0 rings (SSSR count). The third-order valence-corrected chi connectivity index (χ3v) is 0. The average molecular weight is 274 g/mol. The number of rotatable bonds is 0. The van der Waals surface area contributed by atoms with Gasteiger partial charge in [-0.05, 0) is 0 Å². The topological polar surface area (TPSA) is 77.8 Å². The average Bonchev–Trinajstić information content (AvgIpc) is 0.722. The summed E-state index contributed by atoms with van der Waals surface area (Å²) >= 11 is 0. The first-order valence-electron chi connectivity index (χ1n) is 0.783. The van der Waals surface area contributed by atoms with Crippen molar-refractivity contribution >= 4 is 32.3 Å². The molecule has 0 spiro atoms. The molecule has 3 N–H and O–H groups in total. The summed E-state index contributed by atoms with van der Waals surface area (Å²) in [6.45, 7) is 0. The van der Waals surface area contributed by atoms with Crippen LogP contribution in [0.4, 0.5) is 0 Å². The molecule has 0 atom stereocenters. The molecule has 0 aromatic rings. The van der Waals surface area contributed by atoms with Gasteiger partial charge in [0.15, 0.2) is 0 Å². The van der Waals surface area contributed by atoms with Gasteiger partial charge in [0, 0.05) is 18.6 Å². The Morgan fingerprint density at radius 2 is 1.14 bits per heavy atom. The van der Waals surface area contributed by atoms with E-state index in [2.05, 4.69) is 0 Å². The van der Waals surface area contributed by atoms with Gasteiger partial charge in [-0.25, -0.2) is 4.57 Å². The zero-order valence-corrected chi connectivity index (χ0v) is 9.68. The molecule has 0 saturated heterocycles. The van der Waals surface area contributed by atoms with Crippen LogP contribution in [0.1, 0.15) is 0 Å². The van der Waals surface area contributed by atoms with E-state index in [1.807, 2.05) is 0 Å². The third-order valence-electron chi connectivity index (χ3n) is 0. The van der Waals surface area contributed by atoms with E-state index in [4.69, 9.17) is 19.2 Å². The van der Waals surface area contributed by atoms with Gasteiger partial charge in [0.05, 0.1) is 0 Å². The fourth-order valence-corrected chi connectivity index (χ4v) is 0. The van der Waals surface area contributed by atoms with Gasteiger partial charge in [-0.3, -0.25) is 0 Å². The Balaban J connectivity index is -0.0000000800. The minimum absolute atomic E-state index is 0. The zero-order valence-electron chi connectivity index (χ0n) is 3.35. The van der Waals surface area contributed by atoms with Crippen molar-refractivity contribution in [3.63, 3.8) is 0 Å². The minimum Gasteiger partial charge on any atom is 0 e. The summed E-state index contributed by atoms with van der Waals surface area (Å²) in [6, 6.07) is 0. The monoisotopic (exact) mass is 273 g/mol. The molecule has 4 nitrogen and oxygen atoms in total. The Morgan fingerprint density at radius 3 is 1.14 bits per heavy atom. The van der Waals surface area contributed by atoms with Crippen LogP contribution >= 0.6 is 7.82 Å². The van der Waals surface area contributed by atoms with Crippen LogP contribution in [0, 0.1) is 0 Å². The van der Waals surface area contributed by atoms with E-state index < -0.39 is 7.82 Å². The summed E-state index contributed by atoms with van der Waals surface area (Å²) in [7, 11) is -4.64. The van der Waals surface area contributed by atoms with Crippen LogP contribution in [-0.2, 0) is 23.1 Å². The molecule has 7 heteroatoms. The van der Waals surface area contributed by atoms with Crippen LogP contribution < -0.4 is 0 Å². The molecule has 0 unspecified atom stereocenters. The molecule has 0 heterocycles. The molecule has 45 valence electrons. The molecule has 1 radical (unpaired) electrons. The molecule has 0 aliphatic carbocycles. The van der Waals surface area contributed by atoms with Gasteiger partial charge in [-0.1, -0.05) is 0 Å². The quantitative estimate of drug-likeness (QED) is 0.349. The predicted molar refractivity (Wildman–Crippen MR) is 24.2 cm³/mol. The van der Waals surface area contributed by atoms with Crippen molar-refractivity contribution in [2.24, 2.45) is 0 Å². The molecule has 0 aliphatic heterocycles. The van der Waals surface area contributed by atoms with Crippen LogP contribution in [0.3, 0.4) is 0 Å². The Bertz CT molecular complexity index is 57.8. The van der Waals surface area contributed by atoms with Gasteiger partial charge in [-0.2, -0.15) is 0 Å². The SMILES string of the molecule is O=P(O)(O)O.[SbH3].[V]. The van der Waals surface area contributed by atoms with Crippen molar-refractivity contribution in [3.8, 4) is 0 Å². The Hall–Kier alpha value is 1.51. The van der Waals surface area contributed by atoms with Crippen molar-refractivity contribution in [2.75, 3.05) is 0 Å². The largest absolute Gasteiger partial charge is 0 e. The van der Waals surface area contributed by atoms with Crippen molar-refractivity contribution in [2.45, 2.75) is 0 Å². The van der Waals surface area contributed by atoms with E-state index in [9.17, 15) is 0 Å².